The molecule has 184 valence electrons. The molecule has 3 heterocycles. The number of nitrogens with one attached hydrogen (secondary N) is 1. The molecule has 10 nitrogen and oxygen atoms in total. The fourth-order valence-corrected chi connectivity index (χ4v) is 4.60. The summed E-state index contributed by atoms with van der Waals surface area (Å²) in [6.45, 7) is 3.75. The van der Waals surface area contributed by atoms with Gasteiger partial charge in [0.05, 0.1) is 31.9 Å². The van der Waals surface area contributed by atoms with Crippen LogP contribution in [0.1, 0.15) is 6.42 Å². The molecule has 1 aliphatic heterocycles. The number of carbonyl (C=O) groups is 1. The Bertz CT molecular complexity index is 1360. The summed E-state index contributed by atoms with van der Waals surface area (Å²) < 4.78 is 12.1. The number of hydrogen-bond acceptors (Lipinski definition) is 8. The number of rotatable bonds is 7. The second-order valence-corrected chi connectivity index (χ2v) is 8.57. The number of methoxy groups -OCH3 is 2. The summed E-state index contributed by atoms with van der Waals surface area (Å²) in [4.78, 5) is 35.9. The Balaban J connectivity index is 1.70. The topological polar surface area (TPSA) is 119 Å². The van der Waals surface area contributed by atoms with Crippen LogP contribution in [0.5, 0.6) is 11.5 Å². The van der Waals surface area contributed by atoms with Gasteiger partial charge in [-0.1, -0.05) is 18.2 Å². The van der Waals surface area contributed by atoms with E-state index >= 15 is 0 Å². The van der Waals surface area contributed by atoms with E-state index in [0.717, 1.165) is 0 Å². The Morgan fingerprint density at radius 1 is 1.31 bits per heavy atom. The van der Waals surface area contributed by atoms with Crippen LogP contribution < -0.4 is 20.3 Å². The van der Waals surface area contributed by atoms with Crippen molar-refractivity contribution < 1.29 is 19.4 Å². The van der Waals surface area contributed by atoms with Crippen molar-refractivity contribution in [1.82, 2.24) is 19.4 Å². The molecule has 35 heavy (non-hydrogen) atoms. The molecule has 0 spiro atoms. The fraction of sp³-hybridized carbons (Fsp3) is 0.333. The van der Waals surface area contributed by atoms with Crippen LogP contribution in [0.15, 0.2) is 41.8 Å². The van der Waals surface area contributed by atoms with Crippen LogP contribution in [0.2, 0.25) is 5.02 Å². The highest BCUT2D eigenvalue weighted by Crippen LogP contribution is 2.38. The quantitative estimate of drug-likeness (QED) is 0.475. The van der Waals surface area contributed by atoms with Gasteiger partial charge in [0.15, 0.2) is 0 Å². The maximum atomic E-state index is 13.3. The number of aliphatic hydroxyl groups is 1. The van der Waals surface area contributed by atoms with E-state index in [2.05, 4.69) is 21.9 Å². The highest BCUT2D eigenvalue weighted by molar-refractivity contribution is 6.35. The van der Waals surface area contributed by atoms with Crippen LogP contribution in [0, 0.1) is 0 Å². The Morgan fingerprint density at radius 2 is 2.09 bits per heavy atom. The number of hydrogen-bond donors (Lipinski definition) is 2. The van der Waals surface area contributed by atoms with E-state index in [1.807, 2.05) is 0 Å². The molecule has 2 N–H and O–H groups in total. The van der Waals surface area contributed by atoms with Crippen LogP contribution in [0.3, 0.4) is 0 Å². The van der Waals surface area contributed by atoms with Crippen LogP contribution in [-0.4, -0.2) is 69.9 Å². The first-order valence-corrected chi connectivity index (χ1v) is 11.3. The number of aliphatic hydroxyl groups excluding tert-OH is 1. The van der Waals surface area contributed by atoms with Gasteiger partial charge in [-0.2, -0.15) is 4.98 Å². The molecular formula is C24H26ClN5O5. The summed E-state index contributed by atoms with van der Waals surface area (Å²) in [6.07, 6.45) is 3.38. The Hall–Kier alpha value is -3.63. The van der Waals surface area contributed by atoms with E-state index in [1.165, 1.54) is 24.9 Å². The Labute approximate surface area is 206 Å². The normalized spacial score (nSPS) is 17.5. The zero-order valence-electron chi connectivity index (χ0n) is 19.6. The Morgan fingerprint density at radius 3 is 2.74 bits per heavy atom. The van der Waals surface area contributed by atoms with Gasteiger partial charge in [-0.15, -0.1) is 0 Å². The number of ether oxygens (including phenoxy) is 2. The van der Waals surface area contributed by atoms with Gasteiger partial charge in [-0.25, -0.2) is 4.98 Å². The monoisotopic (exact) mass is 499 g/mol. The molecular weight excluding hydrogens is 474 g/mol. The van der Waals surface area contributed by atoms with Crippen molar-refractivity contribution in [3.05, 3.63) is 52.4 Å². The van der Waals surface area contributed by atoms with Crippen molar-refractivity contribution >= 4 is 34.5 Å². The lowest BCUT2D eigenvalue weighted by molar-refractivity contribution is -0.127. The van der Waals surface area contributed by atoms with Crippen molar-refractivity contribution in [2.24, 2.45) is 7.05 Å². The lowest BCUT2D eigenvalue weighted by Gasteiger charge is -2.20. The molecule has 0 radical (unpaired) electrons. The second-order valence-electron chi connectivity index (χ2n) is 8.19. The molecule has 1 fully saturated rings. The predicted molar refractivity (Wildman–Crippen MR) is 133 cm³/mol. The summed E-state index contributed by atoms with van der Waals surface area (Å²) in [7, 11) is 4.63. The zero-order valence-corrected chi connectivity index (χ0v) is 20.4. The summed E-state index contributed by atoms with van der Waals surface area (Å²) in [5, 5.41) is 13.8. The van der Waals surface area contributed by atoms with Gasteiger partial charge >= 0.3 is 0 Å². The van der Waals surface area contributed by atoms with Gasteiger partial charge in [-0.05, 0) is 24.6 Å². The SMILES string of the molecule is C=CC(=O)N1C[C@@H](Nc2ncc3cc(-c4cc(OC)cc(OC)c4Cl)c(=O)n(C)c3n2)C[C@H]1CO. The molecule has 0 saturated carbocycles. The number of anilines is 1. The molecule has 4 rings (SSSR count). The van der Waals surface area contributed by atoms with Gasteiger partial charge in [0.1, 0.15) is 17.1 Å². The van der Waals surface area contributed by atoms with E-state index < -0.39 is 0 Å². The van der Waals surface area contributed by atoms with Gasteiger partial charge in [-0.3, -0.25) is 14.2 Å². The van der Waals surface area contributed by atoms with Crippen LogP contribution >= 0.6 is 11.6 Å². The summed E-state index contributed by atoms with van der Waals surface area (Å²) in [6, 6.07) is 4.54. The summed E-state index contributed by atoms with van der Waals surface area (Å²) in [5.74, 6) is 0.966. The molecule has 1 aliphatic rings. The standard InChI is InChI=1S/C24H26ClN5O5/c1-5-20(32)30-11-14(7-15(30)12-31)27-24-26-10-13-6-18(23(33)29(2)22(13)28-24)17-8-16(34-3)9-19(35-4)21(17)25/h5-6,8-10,14-15,31H,1,7,11-12H2,2-4H3,(H,26,27,28)/t14-,15-/m0/s1. The van der Waals surface area contributed by atoms with E-state index in [1.54, 1.807) is 36.3 Å². The smallest absolute Gasteiger partial charge is 0.259 e. The number of carbonyl (C=O) groups excluding carboxylic acids is 1. The van der Waals surface area contributed by atoms with E-state index in [-0.39, 0.29) is 30.2 Å². The molecule has 0 aliphatic carbocycles. The molecule has 11 heteroatoms. The van der Waals surface area contributed by atoms with Gasteiger partial charge < -0.3 is 24.8 Å². The highest BCUT2D eigenvalue weighted by atomic mass is 35.5. The van der Waals surface area contributed by atoms with Gasteiger partial charge in [0.25, 0.3) is 5.56 Å². The predicted octanol–water partition coefficient (Wildman–Crippen LogP) is 2.23. The number of pyridine rings is 1. The number of halogens is 1. The van der Waals surface area contributed by atoms with E-state index in [9.17, 15) is 14.7 Å². The zero-order chi connectivity index (χ0) is 25.3. The number of aryl methyl sites for hydroxylation is 1. The third kappa shape index (κ3) is 4.54. The first-order chi connectivity index (χ1) is 16.8. The van der Waals surface area contributed by atoms with E-state index in [0.29, 0.717) is 57.6 Å². The van der Waals surface area contributed by atoms with Crippen LogP contribution in [0.25, 0.3) is 22.2 Å². The number of benzene rings is 1. The number of nitrogens with zero attached hydrogens (tertiary/aromatic N) is 4. The maximum Gasteiger partial charge on any atom is 0.259 e. The largest absolute Gasteiger partial charge is 0.497 e. The van der Waals surface area contributed by atoms with Crippen LogP contribution in [-0.2, 0) is 11.8 Å². The van der Waals surface area contributed by atoms with Crippen molar-refractivity contribution in [2.75, 3.05) is 32.7 Å². The van der Waals surface area contributed by atoms with Crippen molar-refractivity contribution in [1.29, 1.82) is 0 Å². The average Bonchev–Trinajstić information content (AvgIpc) is 3.29. The molecule has 0 unspecified atom stereocenters. The van der Waals surface area contributed by atoms with Crippen molar-refractivity contribution in [2.45, 2.75) is 18.5 Å². The number of amides is 1. The molecule has 1 amide bonds. The number of likely N-dealkylation sites (tertiary alicyclic amines) is 1. The molecule has 1 saturated heterocycles. The molecule has 3 aromatic rings. The minimum absolute atomic E-state index is 0.148. The van der Waals surface area contributed by atoms with Gasteiger partial charge in [0.2, 0.25) is 11.9 Å². The first-order valence-electron chi connectivity index (χ1n) is 10.9. The lowest BCUT2D eigenvalue weighted by atomic mass is 10.0. The second kappa shape index (κ2) is 9.93. The molecule has 2 atom stereocenters. The number of aromatic nitrogens is 3. The number of fused-ring (bicyclic) bond motifs is 1. The molecule has 1 aromatic carbocycles. The van der Waals surface area contributed by atoms with Crippen molar-refractivity contribution in [3.63, 3.8) is 0 Å². The van der Waals surface area contributed by atoms with Gasteiger partial charge in [0, 0.05) is 48.4 Å². The van der Waals surface area contributed by atoms with Crippen molar-refractivity contribution in [3.8, 4) is 22.6 Å². The Kier molecular flexibility index (Phi) is 6.95. The first kappa shape index (κ1) is 24.5. The molecule has 2 aromatic heterocycles. The lowest BCUT2D eigenvalue weighted by Crippen LogP contribution is -2.37. The maximum absolute atomic E-state index is 13.3. The third-order valence-corrected chi connectivity index (χ3v) is 6.51. The summed E-state index contributed by atoms with van der Waals surface area (Å²) in [5.41, 5.74) is 0.952. The van der Waals surface area contributed by atoms with Crippen LogP contribution in [0.4, 0.5) is 5.95 Å². The van der Waals surface area contributed by atoms with E-state index in [4.69, 9.17) is 21.1 Å². The average molecular weight is 500 g/mol. The minimum atomic E-state index is -0.310. The summed E-state index contributed by atoms with van der Waals surface area (Å²) >= 11 is 6.51. The third-order valence-electron chi connectivity index (χ3n) is 6.12. The minimum Gasteiger partial charge on any atom is -0.497 e. The highest BCUT2D eigenvalue weighted by Gasteiger charge is 2.34. The molecule has 0 bridgehead atoms. The fourth-order valence-electron chi connectivity index (χ4n) is 4.31.